The van der Waals surface area contributed by atoms with Gasteiger partial charge in [-0.3, -0.25) is 4.79 Å². The third-order valence-corrected chi connectivity index (χ3v) is 4.95. The van der Waals surface area contributed by atoms with Gasteiger partial charge in [0, 0.05) is 31.9 Å². The molecule has 0 unspecified atom stereocenters. The van der Waals surface area contributed by atoms with E-state index in [4.69, 9.17) is 4.42 Å². The molecular formula is C21H27N3O3. The van der Waals surface area contributed by atoms with Crippen LogP contribution in [0.25, 0.3) is 0 Å². The van der Waals surface area contributed by atoms with Crippen LogP contribution in [0.3, 0.4) is 0 Å². The highest BCUT2D eigenvalue weighted by Crippen LogP contribution is 2.24. The number of nitrogens with one attached hydrogen (secondary N) is 1. The molecule has 6 heteroatoms. The quantitative estimate of drug-likeness (QED) is 0.889. The third kappa shape index (κ3) is 4.15. The molecule has 1 fully saturated rings. The molecule has 0 spiro atoms. The first kappa shape index (κ1) is 19.0. The van der Waals surface area contributed by atoms with Crippen LogP contribution < -0.4 is 5.32 Å². The van der Waals surface area contributed by atoms with Crippen molar-refractivity contribution in [1.29, 1.82) is 0 Å². The fraction of sp³-hybridized carbons (Fsp3) is 0.429. The number of rotatable bonds is 3. The Morgan fingerprint density at radius 3 is 2.26 bits per heavy atom. The number of carbonyl (C=O) groups is 2. The van der Waals surface area contributed by atoms with Crippen molar-refractivity contribution in [1.82, 2.24) is 9.80 Å². The van der Waals surface area contributed by atoms with Gasteiger partial charge in [-0.25, -0.2) is 4.79 Å². The van der Waals surface area contributed by atoms with Gasteiger partial charge < -0.3 is 19.5 Å². The minimum Gasteiger partial charge on any atom is -0.466 e. The number of nitrogens with zero attached hydrogens (tertiary/aromatic N) is 2. The Morgan fingerprint density at radius 1 is 1.04 bits per heavy atom. The third-order valence-electron chi connectivity index (χ3n) is 4.95. The van der Waals surface area contributed by atoms with Crippen molar-refractivity contribution < 1.29 is 14.0 Å². The number of piperazine rings is 1. The SMILES string of the molecule is Cc1cc(C(=O)N2CCN(C(=O)Nc3ccccc3C(C)C)CC2)c(C)o1. The van der Waals surface area contributed by atoms with Gasteiger partial charge in [0.25, 0.3) is 5.91 Å². The van der Waals surface area contributed by atoms with Crippen molar-refractivity contribution in [3.05, 3.63) is 53.0 Å². The number of hydrogen-bond acceptors (Lipinski definition) is 3. The zero-order valence-electron chi connectivity index (χ0n) is 16.4. The number of para-hydroxylation sites is 1. The van der Waals surface area contributed by atoms with Crippen LogP contribution in [0.5, 0.6) is 0 Å². The van der Waals surface area contributed by atoms with Gasteiger partial charge in [0.1, 0.15) is 11.5 Å². The second-order valence-corrected chi connectivity index (χ2v) is 7.28. The van der Waals surface area contributed by atoms with E-state index < -0.39 is 0 Å². The number of benzene rings is 1. The molecule has 0 bridgehead atoms. The van der Waals surface area contributed by atoms with Crippen LogP contribution in [-0.4, -0.2) is 47.9 Å². The fourth-order valence-corrected chi connectivity index (χ4v) is 3.43. The summed E-state index contributed by atoms with van der Waals surface area (Å²) in [6.07, 6.45) is 0. The molecule has 0 saturated carbocycles. The molecule has 0 atom stereocenters. The Kier molecular flexibility index (Phi) is 5.54. The molecule has 144 valence electrons. The molecule has 6 nitrogen and oxygen atoms in total. The van der Waals surface area contributed by atoms with Crippen molar-refractivity contribution in [2.24, 2.45) is 0 Å². The van der Waals surface area contributed by atoms with Crippen LogP contribution in [0.15, 0.2) is 34.7 Å². The number of hydrogen-bond donors (Lipinski definition) is 1. The minimum absolute atomic E-state index is 0.0328. The maximum absolute atomic E-state index is 12.7. The zero-order chi connectivity index (χ0) is 19.6. The van der Waals surface area contributed by atoms with Crippen LogP contribution in [0.2, 0.25) is 0 Å². The van der Waals surface area contributed by atoms with Crippen LogP contribution in [0.4, 0.5) is 10.5 Å². The lowest BCUT2D eigenvalue weighted by Gasteiger charge is -2.34. The monoisotopic (exact) mass is 369 g/mol. The second kappa shape index (κ2) is 7.86. The van der Waals surface area contributed by atoms with Gasteiger partial charge >= 0.3 is 6.03 Å². The van der Waals surface area contributed by atoms with Gasteiger partial charge in [0.2, 0.25) is 0 Å². The van der Waals surface area contributed by atoms with Gasteiger partial charge in [-0.05, 0) is 37.5 Å². The topological polar surface area (TPSA) is 65.8 Å². The summed E-state index contributed by atoms with van der Waals surface area (Å²) in [5.41, 5.74) is 2.57. The smallest absolute Gasteiger partial charge is 0.321 e. The maximum atomic E-state index is 12.7. The fourth-order valence-electron chi connectivity index (χ4n) is 3.43. The van der Waals surface area contributed by atoms with E-state index in [0.29, 0.717) is 43.4 Å². The van der Waals surface area contributed by atoms with Gasteiger partial charge in [-0.15, -0.1) is 0 Å². The predicted molar refractivity (Wildman–Crippen MR) is 105 cm³/mol. The van der Waals surface area contributed by atoms with E-state index in [-0.39, 0.29) is 11.9 Å². The highest BCUT2D eigenvalue weighted by molar-refractivity contribution is 5.95. The summed E-state index contributed by atoms with van der Waals surface area (Å²) in [4.78, 5) is 28.8. The molecule has 0 radical (unpaired) electrons. The van der Waals surface area contributed by atoms with E-state index in [0.717, 1.165) is 17.0 Å². The van der Waals surface area contributed by atoms with E-state index in [1.807, 2.05) is 31.2 Å². The molecule has 2 aromatic rings. The molecule has 2 heterocycles. The van der Waals surface area contributed by atoms with E-state index in [2.05, 4.69) is 19.2 Å². The Morgan fingerprint density at radius 2 is 1.67 bits per heavy atom. The second-order valence-electron chi connectivity index (χ2n) is 7.28. The van der Waals surface area contributed by atoms with Gasteiger partial charge in [0.15, 0.2) is 0 Å². The number of aryl methyl sites for hydroxylation is 2. The van der Waals surface area contributed by atoms with E-state index in [1.165, 1.54) is 0 Å². The minimum atomic E-state index is -0.120. The summed E-state index contributed by atoms with van der Waals surface area (Å²) in [5.74, 6) is 1.67. The summed E-state index contributed by atoms with van der Waals surface area (Å²) in [7, 11) is 0. The van der Waals surface area contributed by atoms with Gasteiger partial charge in [-0.2, -0.15) is 0 Å². The van der Waals surface area contributed by atoms with Crippen LogP contribution in [0.1, 0.15) is 47.2 Å². The lowest BCUT2D eigenvalue weighted by Crippen LogP contribution is -2.51. The summed E-state index contributed by atoms with van der Waals surface area (Å²) >= 11 is 0. The Labute approximate surface area is 160 Å². The average Bonchev–Trinajstić information content (AvgIpc) is 2.99. The number of furan rings is 1. The normalized spacial score (nSPS) is 14.6. The van der Waals surface area contributed by atoms with Crippen molar-refractivity contribution >= 4 is 17.6 Å². The number of anilines is 1. The largest absolute Gasteiger partial charge is 0.466 e. The highest BCUT2D eigenvalue weighted by atomic mass is 16.3. The van der Waals surface area contributed by atoms with Gasteiger partial charge in [0.05, 0.1) is 5.56 Å². The van der Waals surface area contributed by atoms with Crippen molar-refractivity contribution in [2.75, 3.05) is 31.5 Å². The Bertz CT molecular complexity index is 833. The van der Waals surface area contributed by atoms with Crippen LogP contribution in [-0.2, 0) is 0 Å². The van der Waals surface area contributed by atoms with E-state index in [1.54, 1.807) is 22.8 Å². The molecule has 0 aliphatic carbocycles. The summed E-state index contributed by atoms with van der Waals surface area (Å²) in [6.45, 7) is 9.90. The van der Waals surface area contributed by atoms with Crippen LogP contribution in [0, 0.1) is 13.8 Å². The lowest BCUT2D eigenvalue weighted by atomic mass is 10.0. The van der Waals surface area contributed by atoms with Crippen LogP contribution >= 0.6 is 0 Å². The molecule has 1 aromatic heterocycles. The first-order chi connectivity index (χ1) is 12.9. The molecule has 27 heavy (non-hydrogen) atoms. The molecule has 1 N–H and O–H groups in total. The summed E-state index contributed by atoms with van der Waals surface area (Å²) < 4.78 is 5.46. The molecule has 3 rings (SSSR count). The first-order valence-electron chi connectivity index (χ1n) is 9.38. The maximum Gasteiger partial charge on any atom is 0.321 e. The summed E-state index contributed by atoms with van der Waals surface area (Å²) in [6, 6.07) is 9.52. The van der Waals surface area contributed by atoms with Gasteiger partial charge in [-0.1, -0.05) is 32.0 Å². The molecular weight excluding hydrogens is 342 g/mol. The molecule has 1 aliphatic rings. The zero-order valence-corrected chi connectivity index (χ0v) is 16.4. The van der Waals surface area contributed by atoms with E-state index >= 15 is 0 Å². The van der Waals surface area contributed by atoms with Crippen molar-refractivity contribution in [2.45, 2.75) is 33.6 Å². The predicted octanol–water partition coefficient (Wildman–Crippen LogP) is 4.01. The molecule has 1 saturated heterocycles. The number of amides is 3. The lowest BCUT2D eigenvalue weighted by molar-refractivity contribution is 0.0670. The highest BCUT2D eigenvalue weighted by Gasteiger charge is 2.27. The van der Waals surface area contributed by atoms with Crippen molar-refractivity contribution in [3.63, 3.8) is 0 Å². The first-order valence-corrected chi connectivity index (χ1v) is 9.38. The molecule has 3 amide bonds. The molecule has 1 aromatic carbocycles. The molecule has 1 aliphatic heterocycles. The Hall–Kier alpha value is -2.76. The number of urea groups is 1. The average molecular weight is 369 g/mol. The van der Waals surface area contributed by atoms with Crippen molar-refractivity contribution in [3.8, 4) is 0 Å². The summed E-state index contributed by atoms with van der Waals surface area (Å²) in [5, 5.41) is 3.02. The standard InChI is InChI=1S/C21H27N3O3/c1-14(2)17-7-5-6-8-19(17)22-21(26)24-11-9-23(10-12-24)20(25)18-13-15(3)27-16(18)4/h5-8,13-14H,9-12H2,1-4H3,(H,22,26). The Balaban J connectivity index is 1.60. The van der Waals surface area contributed by atoms with E-state index in [9.17, 15) is 9.59 Å². The number of carbonyl (C=O) groups excluding carboxylic acids is 2.